The van der Waals surface area contributed by atoms with Gasteiger partial charge in [-0.15, -0.1) is 0 Å². The molecule has 3 rings (SSSR count). The van der Waals surface area contributed by atoms with Crippen LogP contribution in [0.2, 0.25) is 0 Å². The maximum absolute atomic E-state index is 10.4. The first-order valence-corrected chi connectivity index (χ1v) is 6.42. The molecule has 1 aliphatic heterocycles. The van der Waals surface area contributed by atoms with Crippen LogP contribution in [-0.2, 0) is 6.42 Å². The van der Waals surface area contributed by atoms with Gasteiger partial charge in [0.15, 0.2) is 0 Å². The molecule has 0 aromatic heterocycles. The van der Waals surface area contributed by atoms with Gasteiger partial charge in [0.1, 0.15) is 11.5 Å². The molecular formula is C16H16O3. The number of aliphatic hydroxyl groups excluding tert-OH is 1. The van der Waals surface area contributed by atoms with Crippen molar-refractivity contribution < 1.29 is 14.9 Å². The lowest BCUT2D eigenvalue weighted by Gasteiger charge is -2.17. The Morgan fingerprint density at radius 3 is 2.84 bits per heavy atom. The number of hydrogen-bond acceptors (Lipinski definition) is 3. The average Bonchev–Trinajstić information content (AvgIpc) is 2.82. The van der Waals surface area contributed by atoms with E-state index in [0.717, 1.165) is 16.9 Å². The lowest BCUT2D eigenvalue weighted by molar-refractivity contribution is 0.129. The molecule has 2 aromatic rings. The number of hydrogen-bond donors (Lipinski definition) is 2. The molecule has 19 heavy (non-hydrogen) atoms. The van der Waals surface area contributed by atoms with Gasteiger partial charge in [-0.3, -0.25) is 0 Å². The first-order valence-electron chi connectivity index (χ1n) is 6.42. The van der Waals surface area contributed by atoms with Crippen LogP contribution in [0.5, 0.6) is 11.5 Å². The van der Waals surface area contributed by atoms with Crippen molar-refractivity contribution in [2.75, 3.05) is 6.61 Å². The fraction of sp³-hybridized carbons (Fsp3) is 0.250. The topological polar surface area (TPSA) is 49.7 Å². The number of fused-ring (bicyclic) bond motifs is 1. The summed E-state index contributed by atoms with van der Waals surface area (Å²) in [4.78, 5) is 0. The van der Waals surface area contributed by atoms with Gasteiger partial charge >= 0.3 is 0 Å². The number of rotatable bonds is 3. The number of phenols is 1. The Morgan fingerprint density at radius 1 is 1.16 bits per heavy atom. The average molecular weight is 256 g/mol. The largest absolute Gasteiger partial charge is 0.508 e. The molecule has 98 valence electrons. The van der Waals surface area contributed by atoms with Gasteiger partial charge < -0.3 is 14.9 Å². The SMILES string of the molecule is Oc1cccc(CC(O)C2COc3ccccc32)c1. The lowest BCUT2D eigenvalue weighted by Crippen LogP contribution is -2.22. The van der Waals surface area contributed by atoms with Crippen LogP contribution in [0.15, 0.2) is 48.5 Å². The standard InChI is InChI=1S/C16H16O3/c17-12-5-3-4-11(8-12)9-15(18)14-10-19-16-7-2-1-6-13(14)16/h1-8,14-15,17-18H,9-10H2. The minimum absolute atomic E-state index is 0.00134. The molecule has 0 fully saturated rings. The first kappa shape index (κ1) is 12.1. The van der Waals surface area contributed by atoms with E-state index in [1.807, 2.05) is 30.3 Å². The van der Waals surface area contributed by atoms with E-state index < -0.39 is 6.10 Å². The van der Waals surface area contributed by atoms with Crippen LogP contribution in [0.4, 0.5) is 0 Å². The van der Waals surface area contributed by atoms with Crippen molar-refractivity contribution in [3.8, 4) is 11.5 Å². The van der Waals surface area contributed by atoms with Crippen molar-refractivity contribution in [2.45, 2.75) is 18.4 Å². The molecule has 0 spiro atoms. The van der Waals surface area contributed by atoms with Crippen LogP contribution in [0.25, 0.3) is 0 Å². The third kappa shape index (κ3) is 2.42. The zero-order valence-electron chi connectivity index (χ0n) is 10.5. The molecule has 2 N–H and O–H groups in total. The smallest absolute Gasteiger partial charge is 0.123 e. The highest BCUT2D eigenvalue weighted by Crippen LogP contribution is 2.36. The Bertz CT molecular complexity index is 580. The van der Waals surface area contributed by atoms with E-state index in [1.54, 1.807) is 18.2 Å². The summed E-state index contributed by atoms with van der Waals surface area (Å²) in [5, 5.41) is 19.8. The summed E-state index contributed by atoms with van der Waals surface area (Å²) < 4.78 is 5.58. The quantitative estimate of drug-likeness (QED) is 0.887. The summed E-state index contributed by atoms with van der Waals surface area (Å²) in [6, 6.07) is 14.8. The third-order valence-electron chi connectivity index (χ3n) is 3.56. The molecule has 2 atom stereocenters. The molecule has 0 amide bonds. The van der Waals surface area contributed by atoms with Gasteiger partial charge in [-0.1, -0.05) is 30.3 Å². The predicted molar refractivity (Wildman–Crippen MR) is 72.5 cm³/mol. The normalized spacial score (nSPS) is 18.7. The molecule has 0 bridgehead atoms. The van der Waals surface area contributed by atoms with Crippen molar-refractivity contribution in [3.05, 3.63) is 59.7 Å². The zero-order chi connectivity index (χ0) is 13.2. The van der Waals surface area contributed by atoms with E-state index in [4.69, 9.17) is 4.74 Å². The first-order chi connectivity index (χ1) is 9.24. The van der Waals surface area contributed by atoms with E-state index in [9.17, 15) is 10.2 Å². The highest BCUT2D eigenvalue weighted by Gasteiger charge is 2.29. The number of phenolic OH excluding ortho intramolecular Hbond substituents is 1. The molecule has 0 radical (unpaired) electrons. The second-order valence-corrected chi connectivity index (χ2v) is 4.90. The summed E-state index contributed by atoms with van der Waals surface area (Å²) >= 11 is 0. The fourth-order valence-electron chi connectivity index (χ4n) is 2.57. The van der Waals surface area contributed by atoms with Crippen LogP contribution in [0.3, 0.4) is 0 Å². The van der Waals surface area contributed by atoms with E-state index in [1.165, 1.54) is 0 Å². The van der Waals surface area contributed by atoms with Gasteiger partial charge in [0.05, 0.1) is 12.7 Å². The molecule has 1 aliphatic rings. The van der Waals surface area contributed by atoms with Crippen molar-refractivity contribution in [1.82, 2.24) is 0 Å². The summed E-state index contributed by atoms with van der Waals surface area (Å²) in [7, 11) is 0. The van der Waals surface area contributed by atoms with E-state index in [0.29, 0.717) is 13.0 Å². The minimum Gasteiger partial charge on any atom is -0.508 e. The van der Waals surface area contributed by atoms with E-state index >= 15 is 0 Å². The van der Waals surface area contributed by atoms with Gasteiger partial charge in [-0.25, -0.2) is 0 Å². The Balaban J connectivity index is 1.77. The predicted octanol–water partition coefficient (Wildman–Crippen LogP) is 2.47. The number of para-hydroxylation sites is 1. The van der Waals surface area contributed by atoms with Crippen LogP contribution in [0.1, 0.15) is 17.0 Å². The van der Waals surface area contributed by atoms with E-state index in [2.05, 4.69) is 0 Å². The summed E-state index contributed by atoms with van der Waals surface area (Å²) in [5.41, 5.74) is 1.99. The van der Waals surface area contributed by atoms with Gasteiger partial charge in [0.25, 0.3) is 0 Å². The number of aliphatic hydroxyl groups is 1. The molecule has 0 saturated heterocycles. The molecule has 3 nitrogen and oxygen atoms in total. The minimum atomic E-state index is -0.509. The highest BCUT2D eigenvalue weighted by molar-refractivity contribution is 5.40. The Labute approximate surface area is 112 Å². The molecule has 2 unspecified atom stereocenters. The third-order valence-corrected chi connectivity index (χ3v) is 3.56. The summed E-state index contributed by atoms with van der Waals surface area (Å²) in [6.45, 7) is 0.513. The molecular weight excluding hydrogens is 240 g/mol. The number of ether oxygens (including phenoxy) is 1. The lowest BCUT2D eigenvalue weighted by atomic mass is 9.91. The molecule has 3 heteroatoms. The molecule has 0 saturated carbocycles. The maximum Gasteiger partial charge on any atom is 0.123 e. The highest BCUT2D eigenvalue weighted by atomic mass is 16.5. The summed E-state index contributed by atoms with van der Waals surface area (Å²) in [6.07, 6.45) is 0.00183. The van der Waals surface area contributed by atoms with Crippen LogP contribution in [-0.4, -0.2) is 22.9 Å². The van der Waals surface area contributed by atoms with E-state index in [-0.39, 0.29) is 11.7 Å². The molecule has 0 aliphatic carbocycles. The second kappa shape index (κ2) is 4.94. The van der Waals surface area contributed by atoms with Crippen molar-refractivity contribution in [3.63, 3.8) is 0 Å². The van der Waals surface area contributed by atoms with Crippen LogP contribution in [0, 0.1) is 0 Å². The molecule has 2 aromatic carbocycles. The number of aromatic hydroxyl groups is 1. The number of benzene rings is 2. The fourth-order valence-corrected chi connectivity index (χ4v) is 2.57. The Kier molecular flexibility index (Phi) is 3.13. The van der Waals surface area contributed by atoms with Crippen LogP contribution < -0.4 is 4.74 Å². The van der Waals surface area contributed by atoms with Gasteiger partial charge in [0.2, 0.25) is 0 Å². The van der Waals surface area contributed by atoms with Gasteiger partial charge in [-0.2, -0.15) is 0 Å². The van der Waals surface area contributed by atoms with Crippen molar-refractivity contribution in [2.24, 2.45) is 0 Å². The van der Waals surface area contributed by atoms with Crippen molar-refractivity contribution in [1.29, 1.82) is 0 Å². The Hall–Kier alpha value is -2.00. The van der Waals surface area contributed by atoms with Crippen molar-refractivity contribution >= 4 is 0 Å². The summed E-state index contributed by atoms with van der Waals surface area (Å²) in [5.74, 6) is 1.09. The Morgan fingerprint density at radius 2 is 2.00 bits per heavy atom. The monoisotopic (exact) mass is 256 g/mol. The molecule has 1 heterocycles. The maximum atomic E-state index is 10.4. The zero-order valence-corrected chi connectivity index (χ0v) is 10.5. The van der Waals surface area contributed by atoms with Gasteiger partial charge in [0, 0.05) is 11.5 Å². The van der Waals surface area contributed by atoms with Crippen LogP contribution >= 0.6 is 0 Å². The second-order valence-electron chi connectivity index (χ2n) is 4.90. The van der Waals surface area contributed by atoms with Gasteiger partial charge in [-0.05, 0) is 30.2 Å².